The van der Waals surface area contributed by atoms with Crippen LogP contribution in [0.3, 0.4) is 0 Å². The van der Waals surface area contributed by atoms with Crippen molar-refractivity contribution in [2.75, 3.05) is 0 Å². The summed E-state index contributed by atoms with van der Waals surface area (Å²) in [6, 6.07) is 6.99. The summed E-state index contributed by atoms with van der Waals surface area (Å²) in [4.78, 5) is 16.9. The van der Waals surface area contributed by atoms with Gasteiger partial charge in [0.2, 0.25) is 0 Å². The average molecular weight is 202 g/mol. The highest BCUT2D eigenvalue weighted by molar-refractivity contribution is 5.30. The Morgan fingerprint density at radius 2 is 2.20 bits per heavy atom. The quantitative estimate of drug-likeness (QED) is 0.765. The van der Waals surface area contributed by atoms with Crippen LogP contribution in [0.4, 0.5) is 0 Å². The van der Waals surface area contributed by atoms with Crippen molar-refractivity contribution < 1.29 is 5.11 Å². The van der Waals surface area contributed by atoms with Gasteiger partial charge in [0.05, 0.1) is 0 Å². The second kappa shape index (κ2) is 3.96. The van der Waals surface area contributed by atoms with E-state index in [1.54, 1.807) is 24.4 Å². The number of aromatic nitrogens is 2. The highest BCUT2D eigenvalue weighted by Crippen LogP contribution is 2.13. The molecule has 0 saturated carbocycles. The van der Waals surface area contributed by atoms with E-state index in [2.05, 4.69) is 9.97 Å². The third-order valence-electron chi connectivity index (χ3n) is 2.05. The first-order valence-electron chi connectivity index (χ1n) is 4.55. The van der Waals surface area contributed by atoms with E-state index in [4.69, 9.17) is 0 Å². The molecule has 0 bridgehead atoms. The Hall–Kier alpha value is -2.10. The summed E-state index contributed by atoms with van der Waals surface area (Å²) in [5.74, 6) is 0.241. The van der Waals surface area contributed by atoms with Gasteiger partial charge in [-0.1, -0.05) is 12.1 Å². The number of benzene rings is 1. The molecule has 0 amide bonds. The van der Waals surface area contributed by atoms with Crippen molar-refractivity contribution in [1.82, 2.24) is 9.97 Å². The number of nitrogens with one attached hydrogen (secondary N) is 1. The van der Waals surface area contributed by atoms with Gasteiger partial charge in [-0.25, -0.2) is 9.78 Å². The summed E-state index contributed by atoms with van der Waals surface area (Å²) in [5.41, 5.74) is 1.53. The average Bonchev–Trinajstić information content (AvgIpc) is 2.22. The Bertz CT molecular complexity index is 499. The number of phenols is 1. The topological polar surface area (TPSA) is 66.0 Å². The number of H-pyrrole nitrogens is 1. The Morgan fingerprint density at radius 3 is 2.87 bits per heavy atom. The monoisotopic (exact) mass is 202 g/mol. The maximum absolute atomic E-state index is 10.7. The van der Waals surface area contributed by atoms with Crippen molar-refractivity contribution in [1.29, 1.82) is 0 Å². The fourth-order valence-corrected chi connectivity index (χ4v) is 1.37. The van der Waals surface area contributed by atoms with E-state index in [0.717, 1.165) is 11.1 Å². The van der Waals surface area contributed by atoms with Crippen LogP contribution in [0.2, 0.25) is 0 Å². The van der Waals surface area contributed by atoms with Crippen LogP contribution in [0, 0.1) is 0 Å². The van der Waals surface area contributed by atoms with Gasteiger partial charge in [0, 0.05) is 18.8 Å². The van der Waals surface area contributed by atoms with Crippen molar-refractivity contribution >= 4 is 0 Å². The zero-order valence-corrected chi connectivity index (χ0v) is 7.97. The third kappa shape index (κ3) is 2.43. The van der Waals surface area contributed by atoms with Gasteiger partial charge in [-0.2, -0.15) is 0 Å². The SMILES string of the molecule is O=c1ncc(Cc2cccc(O)c2)c[nH]1. The first kappa shape index (κ1) is 9.45. The molecule has 0 atom stereocenters. The second-order valence-electron chi connectivity index (χ2n) is 3.27. The fourth-order valence-electron chi connectivity index (χ4n) is 1.37. The van der Waals surface area contributed by atoms with Gasteiger partial charge in [0.25, 0.3) is 0 Å². The smallest absolute Gasteiger partial charge is 0.344 e. The lowest BCUT2D eigenvalue weighted by molar-refractivity contribution is 0.474. The standard InChI is InChI=1S/C11H10N2O2/c14-10-3-1-2-8(5-10)4-9-6-12-11(15)13-7-9/h1-3,5-7,14H,4H2,(H,12,13,15). The molecule has 2 N–H and O–H groups in total. The lowest BCUT2D eigenvalue weighted by Gasteiger charge is -2.01. The lowest BCUT2D eigenvalue weighted by atomic mass is 10.1. The van der Waals surface area contributed by atoms with Crippen molar-refractivity contribution in [3.05, 3.63) is 58.3 Å². The molecule has 0 saturated heterocycles. The minimum Gasteiger partial charge on any atom is -0.508 e. The summed E-state index contributed by atoms with van der Waals surface area (Å²) >= 11 is 0. The van der Waals surface area contributed by atoms with Crippen LogP contribution in [-0.4, -0.2) is 15.1 Å². The number of rotatable bonds is 2. The number of aromatic hydroxyl groups is 1. The van der Waals surface area contributed by atoms with Crippen molar-refractivity contribution in [3.63, 3.8) is 0 Å². The number of nitrogens with zero attached hydrogens (tertiary/aromatic N) is 1. The van der Waals surface area contributed by atoms with E-state index >= 15 is 0 Å². The molecular formula is C11H10N2O2. The van der Waals surface area contributed by atoms with Crippen LogP contribution in [-0.2, 0) is 6.42 Å². The van der Waals surface area contributed by atoms with Crippen LogP contribution in [0.5, 0.6) is 5.75 Å². The fraction of sp³-hybridized carbons (Fsp3) is 0.0909. The Labute approximate surface area is 86.2 Å². The second-order valence-corrected chi connectivity index (χ2v) is 3.27. The molecule has 0 spiro atoms. The molecule has 0 radical (unpaired) electrons. The summed E-state index contributed by atoms with van der Waals surface area (Å²) < 4.78 is 0. The van der Waals surface area contributed by atoms with Gasteiger partial charge >= 0.3 is 5.69 Å². The van der Waals surface area contributed by atoms with Crippen molar-refractivity contribution in [2.45, 2.75) is 6.42 Å². The van der Waals surface area contributed by atoms with E-state index in [9.17, 15) is 9.90 Å². The highest BCUT2D eigenvalue weighted by atomic mass is 16.3. The van der Waals surface area contributed by atoms with Crippen LogP contribution in [0.25, 0.3) is 0 Å². The molecule has 2 aromatic rings. The molecule has 1 heterocycles. The van der Waals surface area contributed by atoms with Crippen LogP contribution < -0.4 is 5.69 Å². The molecule has 1 aromatic heterocycles. The lowest BCUT2D eigenvalue weighted by Crippen LogP contribution is -2.09. The van der Waals surface area contributed by atoms with Crippen LogP contribution in [0.15, 0.2) is 41.5 Å². The van der Waals surface area contributed by atoms with E-state index in [-0.39, 0.29) is 11.4 Å². The van der Waals surface area contributed by atoms with E-state index in [1.807, 2.05) is 6.07 Å². The zero-order chi connectivity index (χ0) is 10.7. The van der Waals surface area contributed by atoms with E-state index in [0.29, 0.717) is 6.42 Å². The summed E-state index contributed by atoms with van der Waals surface area (Å²) in [6.07, 6.45) is 3.79. The molecule has 0 aliphatic heterocycles. The molecule has 15 heavy (non-hydrogen) atoms. The van der Waals surface area contributed by atoms with Gasteiger partial charge in [-0.05, 0) is 23.3 Å². The number of hydrogen-bond acceptors (Lipinski definition) is 3. The maximum atomic E-state index is 10.7. The van der Waals surface area contributed by atoms with Gasteiger partial charge in [-0.15, -0.1) is 0 Å². The Morgan fingerprint density at radius 1 is 1.33 bits per heavy atom. The number of aromatic amines is 1. The minimum atomic E-state index is -0.352. The van der Waals surface area contributed by atoms with Crippen molar-refractivity contribution in [2.24, 2.45) is 0 Å². The molecule has 0 fully saturated rings. The maximum Gasteiger partial charge on any atom is 0.344 e. The van der Waals surface area contributed by atoms with Gasteiger partial charge in [0.1, 0.15) is 5.75 Å². The Balaban J connectivity index is 2.22. The van der Waals surface area contributed by atoms with Crippen molar-refractivity contribution in [3.8, 4) is 5.75 Å². The molecule has 0 aliphatic rings. The molecule has 2 rings (SSSR count). The predicted octanol–water partition coefficient (Wildman–Crippen LogP) is 1.07. The van der Waals surface area contributed by atoms with E-state index in [1.165, 1.54) is 6.20 Å². The minimum absolute atomic E-state index is 0.241. The molecule has 1 aromatic carbocycles. The molecule has 4 nitrogen and oxygen atoms in total. The van der Waals surface area contributed by atoms with Crippen LogP contribution in [0.1, 0.15) is 11.1 Å². The first-order valence-corrected chi connectivity index (χ1v) is 4.55. The van der Waals surface area contributed by atoms with Gasteiger partial charge in [0.15, 0.2) is 0 Å². The highest BCUT2D eigenvalue weighted by Gasteiger charge is 1.97. The Kier molecular flexibility index (Phi) is 2.49. The summed E-state index contributed by atoms with van der Waals surface area (Å²) in [7, 11) is 0. The van der Waals surface area contributed by atoms with Crippen LogP contribution >= 0.6 is 0 Å². The predicted molar refractivity (Wildman–Crippen MR) is 55.8 cm³/mol. The molecule has 76 valence electrons. The zero-order valence-electron chi connectivity index (χ0n) is 7.97. The molecule has 0 unspecified atom stereocenters. The molecule has 4 heteroatoms. The first-order chi connectivity index (χ1) is 7.24. The molecular weight excluding hydrogens is 192 g/mol. The normalized spacial score (nSPS) is 10.1. The van der Waals surface area contributed by atoms with Gasteiger partial charge in [-0.3, -0.25) is 0 Å². The van der Waals surface area contributed by atoms with E-state index < -0.39 is 0 Å². The molecule has 0 aliphatic carbocycles. The summed E-state index contributed by atoms with van der Waals surface area (Å²) in [5, 5.41) is 9.26. The largest absolute Gasteiger partial charge is 0.508 e. The number of phenolic OH excluding ortho intramolecular Hbond substituents is 1. The third-order valence-corrected chi connectivity index (χ3v) is 2.05. The summed E-state index contributed by atoms with van der Waals surface area (Å²) in [6.45, 7) is 0. The number of hydrogen-bond donors (Lipinski definition) is 2. The van der Waals surface area contributed by atoms with Gasteiger partial charge < -0.3 is 10.1 Å².